The van der Waals surface area contributed by atoms with Crippen molar-refractivity contribution in [2.24, 2.45) is 0 Å². The van der Waals surface area contributed by atoms with Crippen LogP contribution in [-0.2, 0) is 9.59 Å². The Bertz CT molecular complexity index is 1320. The topological polar surface area (TPSA) is 110 Å². The summed E-state index contributed by atoms with van der Waals surface area (Å²) < 4.78 is 0. The first-order valence-electron chi connectivity index (χ1n) is 9.30. The standard InChI is InChI=1S/C22H14ClN3O5S/c23-16-9-8-13(10-18(16)26(30)31)11-19-21(28)25(22(29)32-19)12-20(27)24-17-7-3-5-14-4-1-2-6-15(14)17/h1-11H,12H2,(H,24,27)/b19-11-. The zero-order chi connectivity index (χ0) is 22.8. The molecule has 4 rings (SSSR count). The van der Waals surface area contributed by atoms with Crippen LogP contribution >= 0.6 is 23.4 Å². The van der Waals surface area contributed by atoms with Gasteiger partial charge in [0.1, 0.15) is 11.6 Å². The van der Waals surface area contributed by atoms with Gasteiger partial charge in [-0.3, -0.25) is 29.4 Å². The Balaban J connectivity index is 1.51. The second kappa shape index (κ2) is 8.81. The van der Waals surface area contributed by atoms with E-state index in [1.54, 1.807) is 12.1 Å². The number of carbonyl (C=O) groups is 3. The Hall–Kier alpha value is -3.69. The first-order chi connectivity index (χ1) is 15.3. The summed E-state index contributed by atoms with van der Waals surface area (Å²) in [5.74, 6) is -1.17. The largest absolute Gasteiger partial charge is 0.324 e. The number of fused-ring (bicyclic) bond motifs is 1. The molecule has 0 atom stereocenters. The quantitative estimate of drug-likeness (QED) is 0.318. The first kappa shape index (κ1) is 21.5. The molecule has 0 bridgehead atoms. The molecule has 1 heterocycles. The lowest BCUT2D eigenvalue weighted by Gasteiger charge is -2.13. The zero-order valence-electron chi connectivity index (χ0n) is 16.3. The van der Waals surface area contributed by atoms with E-state index < -0.39 is 28.5 Å². The normalized spacial score (nSPS) is 14.9. The van der Waals surface area contributed by atoms with Crippen LogP contribution in [-0.4, -0.2) is 33.4 Å². The number of anilines is 1. The fraction of sp³-hybridized carbons (Fsp3) is 0.0455. The molecule has 0 unspecified atom stereocenters. The van der Waals surface area contributed by atoms with Gasteiger partial charge in [0.05, 0.1) is 9.83 Å². The molecule has 3 aromatic rings. The smallest absolute Gasteiger partial charge is 0.294 e. The molecule has 1 N–H and O–H groups in total. The van der Waals surface area contributed by atoms with Crippen LogP contribution in [0.2, 0.25) is 5.02 Å². The number of rotatable bonds is 5. The number of nitro groups is 1. The monoisotopic (exact) mass is 467 g/mol. The summed E-state index contributed by atoms with van der Waals surface area (Å²) in [6, 6.07) is 17.0. The van der Waals surface area contributed by atoms with Crippen molar-refractivity contribution >= 4 is 68.6 Å². The molecule has 8 nitrogen and oxygen atoms in total. The van der Waals surface area contributed by atoms with Crippen molar-refractivity contribution in [2.45, 2.75) is 0 Å². The third-order valence-corrected chi connectivity index (χ3v) is 5.93. The number of benzene rings is 3. The average molecular weight is 468 g/mol. The zero-order valence-corrected chi connectivity index (χ0v) is 17.9. The van der Waals surface area contributed by atoms with E-state index in [1.165, 1.54) is 24.3 Å². The molecule has 1 aliphatic rings. The first-order valence-corrected chi connectivity index (χ1v) is 10.5. The molecular formula is C22H14ClN3O5S. The maximum atomic E-state index is 12.7. The SMILES string of the molecule is O=C(CN1C(=O)S/C(=C\c2ccc(Cl)c([N+](=O)[O-])c2)C1=O)Nc1cccc2ccccc12. The molecule has 0 radical (unpaired) electrons. The number of halogens is 1. The summed E-state index contributed by atoms with van der Waals surface area (Å²) >= 11 is 6.46. The van der Waals surface area contributed by atoms with Crippen molar-refractivity contribution in [3.63, 3.8) is 0 Å². The Morgan fingerprint density at radius 2 is 1.88 bits per heavy atom. The lowest BCUT2D eigenvalue weighted by molar-refractivity contribution is -0.384. The second-order valence-corrected chi connectivity index (χ2v) is 8.21. The number of thioether (sulfide) groups is 1. The molecule has 0 saturated carbocycles. The third kappa shape index (κ3) is 4.34. The van der Waals surface area contributed by atoms with Crippen molar-refractivity contribution in [3.8, 4) is 0 Å². The fourth-order valence-corrected chi connectivity index (χ4v) is 4.24. The number of amides is 3. The number of hydrogen-bond acceptors (Lipinski definition) is 6. The van der Waals surface area contributed by atoms with Gasteiger partial charge < -0.3 is 5.32 Å². The van der Waals surface area contributed by atoms with Gasteiger partial charge in [-0.25, -0.2) is 0 Å². The molecule has 160 valence electrons. The summed E-state index contributed by atoms with van der Waals surface area (Å²) in [6.45, 7) is -0.452. The number of nitro benzene ring substituents is 1. The minimum absolute atomic E-state index is 0.0367. The number of imide groups is 1. The van der Waals surface area contributed by atoms with Crippen LogP contribution in [0.4, 0.5) is 16.2 Å². The lowest BCUT2D eigenvalue weighted by Crippen LogP contribution is -2.36. The van der Waals surface area contributed by atoms with Crippen molar-refractivity contribution in [1.29, 1.82) is 0 Å². The van der Waals surface area contributed by atoms with E-state index in [-0.39, 0.29) is 15.6 Å². The minimum Gasteiger partial charge on any atom is -0.324 e. The van der Waals surface area contributed by atoms with E-state index in [0.717, 1.165) is 15.7 Å². The van der Waals surface area contributed by atoms with Gasteiger partial charge in [-0.15, -0.1) is 0 Å². The van der Waals surface area contributed by atoms with Crippen molar-refractivity contribution in [3.05, 3.63) is 86.3 Å². The molecule has 0 aromatic heterocycles. The summed E-state index contributed by atoms with van der Waals surface area (Å²) in [4.78, 5) is 48.9. The summed E-state index contributed by atoms with van der Waals surface area (Å²) in [5.41, 5.74) is 0.602. The highest BCUT2D eigenvalue weighted by molar-refractivity contribution is 8.18. The number of carbonyl (C=O) groups excluding carboxylic acids is 3. The van der Waals surface area contributed by atoms with E-state index in [0.29, 0.717) is 23.0 Å². The van der Waals surface area contributed by atoms with Gasteiger partial charge in [0.25, 0.3) is 16.8 Å². The molecule has 1 saturated heterocycles. The molecule has 3 amide bonds. The van der Waals surface area contributed by atoms with Crippen LogP contribution in [0.15, 0.2) is 65.6 Å². The molecule has 1 fully saturated rings. The van der Waals surface area contributed by atoms with Crippen molar-refractivity contribution in [2.75, 3.05) is 11.9 Å². The highest BCUT2D eigenvalue weighted by atomic mass is 35.5. The molecule has 1 aliphatic heterocycles. The average Bonchev–Trinajstić information content (AvgIpc) is 3.02. The van der Waals surface area contributed by atoms with Gasteiger partial charge in [-0.2, -0.15) is 0 Å². The predicted octanol–water partition coefficient (Wildman–Crippen LogP) is 5.08. The van der Waals surface area contributed by atoms with Gasteiger partial charge in [-0.05, 0) is 40.9 Å². The van der Waals surface area contributed by atoms with E-state index in [9.17, 15) is 24.5 Å². The van der Waals surface area contributed by atoms with Gasteiger partial charge in [0.2, 0.25) is 5.91 Å². The van der Waals surface area contributed by atoms with Crippen molar-refractivity contribution < 1.29 is 19.3 Å². The molecule has 10 heteroatoms. The highest BCUT2D eigenvalue weighted by Crippen LogP contribution is 2.34. The van der Waals surface area contributed by atoms with Crippen LogP contribution in [0.5, 0.6) is 0 Å². The van der Waals surface area contributed by atoms with Gasteiger partial charge in [0.15, 0.2) is 0 Å². The van der Waals surface area contributed by atoms with E-state index in [4.69, 9.17) is 11.6 Å². The second-order valence-electron chi connectivity index (χ2n) is 6.81. The van der Waals surface area contributed by atoms with Gasteiger partial charge in [-0.1, -0.05) is 54.1 Å². The van der Waals surface area contributed by atoms with Gasteiger partial charge in [0, 0.05) is 17.1 Å². The van der Waals surface area contributed by atoms with E-state index in [2.05, 4.69) is 5.32 Å². The maximum Gasteiger partial charge on any atom is 0.294 e. The lowest BCUT2D eigenvalue weighted by atomic mass is 10.1. The molecule has 32 heavy (non-hydrogen) atoms. The fourth-order valence-electron chi connectivity index (χ4n) is 3.21. The number of nitrogens with zero attached hydrogens (tertiary/aromatic N) is 2. The number of nitrogens with one attached hydrogen (secondary N) is 1. The Kier molecular flexibility index (Phi) is 5.93. The highest BCUT2D eigenvalue weighted by Gasteiger charge is 2.36. The summed E-state index contributed by atoms with van der Waals surface area (Å²) in [7, 11) is 0. The summed E-state index contributed by atoms with van der Waals surface area (Å²) in [5, 5.41) is 14.9. The molecule has 0 aliphatic carbocycles. The van der Waals surface area contributed by atoms with Gasteiger partial charge >= 0.3 is 0 Å². The van der Waals surface area contributed by atoms with Crippen LogP contribution in [0, 0.1) is 10.1 Å². The van der Waals surface area contributed by atoms with Crippen molar-refractivity contribution in [1.82, 2.24) is 4.90 Å². The van der Waals surface area contributed by atoms with Crippen LogP contribution in [0.25, 0.3) is 16.8 Å². The predicted molar refractivity (Wildman–Crippen MR) is 123 cm³/mol. The number of hydrogen-bond donors (Lipinski definition) is 1. The summed E-state index contributed by atoms with van der Waals surface area (Å²) in [6.07, 6.45) is 1.36. The Morgan fingerprint density at radius 1 is 1.12 bits per heavy atom. The van der Waals surface area contributed by atoms with Crippen LogP contribution in [0.3, 0.4) is 0 Å². The van der Waals surface area contributed by atoms with E-state index >= 15 is 0 Å². The minimum atomic E-state index is -0.648. The Morgan fingerprint density at radius 3 is 2.66 bits per heavy atom. The molecular weight excluding hydrogens is 454 g/mol. The Labute approximate surface area is 191 Å². The van der Waals surface area contributed by atoms with Crippen LogP contribution in [0.1, 0.15) is 5.56 Å². The van der Waals surface area contributed by atoms with E-state index in [1.807, 2.05) is 30.3 Å². The van der Waals surface area contributed by atoms with Crippen LogP contribution < -0.4 is 5.32 Å². The molecule has 3 aromatic carbocycles. The maximum absolute atomic E-state index is 12.7. The molecule has 0 spiro atoms. The third-order valence-electron chi connectivity index (χ3n) is 4.70.